The lowest BCUT2D eigenvalue weighted by atomic mass is 10.0. The normalized spacial score (nSPS) is 18.2. The predicted octanol–water partition coefficient (Wildman–Crippen LogP) is 2.43. The van der Waals surface area contributed by atoms with Gasteiger partial charge in [0.2, 0.25) is 0 Å². The zero-order valence-corrected chi connectivity index (χ0v) is 10.8. The average molecular weight is 282 g/mol. The summed E-state index contributed by atoms with van der Waals surface area (Å²) in [6.07, 6.45) is 1.45. The first-order chi connectivity index (χ1) is 9.47. The van der Waals surface area contributed by atoms with Crippen molar-refractivity contribution in [1.82, 2.24) is 0 Å². The van der Waals surface area contributed by atoms with Crippen molar-refractivity contribution in [1.29, 1.82) is 0 Å². The minimum absolute atomic E-state index is 0.101. The second-order valence-corrected chi connectivity index (χ2v) is 4.92. The van der Waals surface area contributed by atoms with Gasteiger partial charge in [0, 0.05) is 19.5 Å². The van der Waals surface area contributed by atoms with E-state index in [2.05, 4.69) is 0 Å². The number of rotatable bonds is 5. The van der Waals surface area contributed by atoms with Crippen LogP contribution >= 0.6 is 0 Å². The minimum Gasteiger partial charge on any atom is -0.481 e. The maximum absolute atomic E-state index is 13.1. The van der Waals surface area contributed by atoms with Gasteiger partial charge in [0.15, 0.2) is 0 Å². The molecule has 2 rings (SSSR count). The lowest BCUT2D eigenvalue weighted by Crippen LogP contribution is -2.21. The molecule has 0 aromatic heterocycles. The van der Waals surface area contributed by atoms with Gasteiger partial charge in [0.1, 0.15) is 11.5 Å². The first kappa shape index (κ1) is 14.2. The molecule has 6 nitrogen and oxygen atoms in total. The standard InChI is InChI=1S/C13H15FN2O4/c14-10-2-3-11(12(7-10)16(19)20)15-6-5-9(8-15)1-4-13(17)18/h2-3,7,9H,1,4-6,8H2,(H,17,18). The topological polar surface area (TPSA) is 83.7 Å². The summed E-state index contributed by atoms with van der Waals surface area (Å²) in [6.45, 7) is 1.19. The number of nitro groups is 1. The summed E-state index contributed by atoms with van der Waals surface area (Å²) in [4.78, 5) is 22.7. The highest BCUT2D eigenvalue weighted by Gasteiger charge is 2.28. The molecule has 0 radical (unpaired) electrons. The molecule has 0 amide bonds. The van der Waals surface area contributed by atoms with Crippen molar-refractivity contribution in [3.8, 4) is 0 Å². The highest BCUT2D eigenvalue weighted by Crippen LogP contribution is 2.33. The summed E-state index contributed by atoms with van der Waals surface area (Å²) in [5.74, 6) is -1.27. The number of nitro benzene ring substituents is 1. The Kier molecular flexibility index (Phi) is 4.16. The number of halogens is 1. The first-order valence-electron chi connectivity index (χ1n) is 6.38. The van der Waals surface area contributed by atoms with Gasteiger partial charge in [-0.2, -0.15) is 0 Å². The van der Waals surface area contributed by atoms with Crippen molar-refractivity contribution in [3.05, 3.63) is 34.1 Å². The Morgan fingerprint density at radius 1 is 1.55 bits per heavy atom. The van der Waals surface area contributed by atoms with Crippen molar-refractivity contribution >= 4 is 17.3 Å². The third-order valence-electron chi connectivity index (χ3n) is 3.53. The molecule has 1 aromatic rings. The Morgan fingerprint density at radius 3 is 2.95 bits per heavy atom. The fourth-order valence-corrected chi connectivity index (χ4v) is 2.52. The van der Waals surface area contributed by atoms with Crippen molar-refractivity contribution in [2.24, 2.45) is 5.92 Å². The maximum atomic E-state index is 13.1. The van der Waals surface area contributed by atoms with Crippen LogP contribution in [0.15, 0.2) is 18.2 Å². The molecular weight excluding hydrogens is 267 g/mol. The number of carboxylic acids is 1. The van der Waals surface area contributed by atoms with Crippen molar-refractivity contribution < 1.29 is 19.2 Å². The Hall–Kier alpha value is -2.18. The van der Waals surface area contributed by atoms with E-state index in [-0.39, 0.29) is 18.0 Å². The van der Waals surface area contributed by atoms with Gasteiger partial charge in [-0.1, -0.05) is 0 Å². The number of nitrogens with zero attached hydrogens (tertiary/aromatic N) is 2. The van der Waals surface area contributed by atoms with E-state index < -0.39 is 16.7 Å². The number of hydrogen-bond donors (Lipinski definition) is 1. The second kappa shape index (κ2) is 5.85. The summed E-state index contributed by atoms with van der Waals surface area (Å²) >= 11 is 0. The van der Waals surface area contributed by atoms with Crippen LogP contribution in [0.5, 0.6) is 0 Å². The van der Waals surface area contributed by atoms with E-state index in [0.717, 1.165) is 12.5 Å². The van der Waals surface area contributed by atoms with Crippen LogP contribution < -0.4 is 4.90 Å². The third-order valence-corrected chi connectivity index (χ3v) is 3.53. The Balaban J connectivity index is 2.10. The molecule has 1 saturated heterocycles. The summed E-state index contributed by atoms with van der Waals surface area (Å²) in [6, 6.07) is 3.53. The van der Waals surface area contributed by atoms with Gasteiger partial charge in [-0.25, -0.2) is 4.39 Å². The monoisotopic (exact) mass is 282 g/mol. The van der Waals surface area contributed by atoms with Crippen LogP contribution in [0.2, 0.25) is 0 Å². The molecule has 1 N–H and O–H groups in total. The van der Waals surface area contributed by atoms with Gasteiger partial charge in [0.25, 0.3) is 5.69 Å². The molecule has 20 heavy (non-hydrogen) atoms. The van der Waals surface area contributed by atoms with E-state index >= 15 is 0 Å². The molecule has 1 aliphatic heterocycles. The highest BCUT2D eigenvalue weighted by atomic mass is 19.1. The van der Waals surface area contributed by atoms with Crippen molar-refractivity contribution in [3.63, 3.8) is 0 Å². The molecule has 1 aliphatic rings. The minimum atomic E-state index is -0.837. The van der Waals surface area contributed by atoms with Crippen LogP contribution in [-0.2, 0) is 4.79 Å². The molecule has 0 spiro atoms. The van der Waals surface area contributed by atoms with Crippen LogP contribution in [-0.4, -0.2) is 29.1 Å². The SMILES string of the molecule is O=C(O)CCC1CCN(c2ccc(F)cc2[N+](=O)[O-])C1. The lowest BCUT2D eigenvalue weighted by molar-refractivity contribution is -0.384. The number of anilines is 1. The van der Waals surface area contributed by atoms with E-state index in [9.17, 15) is 19.3 Å². The quantitative estimate of drug-likeness (QED) is 0.662. The number of hydrogen-bond acceptors (Lipinski definition) is 4. The molecule has 1 fully saturated rings. The lowest BCUT2D eigenvalue weighted by Gasteiger charge is -2.18. The second-order valence-electron chi connectivity index (χ2n) is 4.92. The van der Waals surface area contributed by atoms with E-state index in [1.54, 1.807) is 0 Å². The van der Waals surface area contributed by atoms with Crippen molar-refractivity contribution in [2.75, 3.05) is 18.0 Å². The fraction of sp³-hybridized carbons (Fsp3) is 0.462. The molecule has 108 valence electrons. The first-order valence-corrected chi connectivity index (χ1v) is 6.38. The van der Waals surface area contributed by atoms with Gasteiger partial charge in [-0.15, -0.1) is 0 Å². The van der Waals surface area contributed by atoms with Crippen LogP contribution in [0, 0.1) is 21.8 Å². The molecule has 0 bridgehead atoms. The summed E-state index contributed by atoms with van der Waals surface area (Å²) in [5.41, 5.74) is 0.151. The molecule has 1 heterocycles. The van der Waals surface area contributed by atoms with Crippen LogP contribution in [0.25, 0.3) is 0 Å². The fourth-order valence-electron chi connectivity index (χ4n) is 2.52. The number of carboxylic acid groups (broad SMARTS) is 1. The smallest absolute Gasteiger partial charge is 0.303 e. The van der Waals surface area contributed by atoms with Gasteiger partial charge in [-0.3, -0.25) is 14.9 Å². The van der Waals surface area contributed by atoms with E-state index in [4.69, 9.17) is 5.11 Å². The predicted molar refractivity (Wildman–Crippen MR) is 70.2 cm³/mol. The zero-order chi connectivity index (χ0) is 14.7. The van der Waals surface area contributed by atoms with Crippen LogP contribution in [0.3, 0.4) is 0 Å². The third kappa shape index (κ3) is 3.23. The Labute approximate surface area is 115 Å². The summed E-state index contributed by atoms with van der Waals surface area (Å²) < 4.78 is 13.1. The van der Waals surface area contributed by atoms with Gasteiger partial charge < -0.3 is 10.0 Å². The van der Waals surface area contributed by atoms with Crippen LogP contribution in [0.1, 0.15) is 19.3 Å². The van der Waals surface area contributed by atoms with Gasteiger partial charge in [-0.05, 0) is 30.9 Å². The Bertz CT molecular complexity index is 535. The highest BCUT2D eigenvalue weighted by molar-refractivity contribution is 5.67. The summed E-state index contributed by atoms with van der Waals surface area (Å²) in [7, 11) is 0. The zero-order valence-electron chi connectivity index (χ0n) is 10.8. The molecule has 1 aromatic carbocycles. The van der Waals surface area contributed by atoms with Gasteiger partial charge in [0.05, 0.1) is 11.0 Å². The van der Waals surface area contributed by atoms with Crippen molar-refractivity contribution in [2.45, 2.75) is 19.3 Å². The maximum Gasteiger partial charge on any atom is 0.303 e. The number of carbonyl (C=O) groups is 1. The molecule has 1 atom stereocenters. The molecule has 7 heteroatoms. The molecule has 0 saturated carbocycles. The number of aliphatic carboxylic acids is 1. The largest absolute Gasteiger partial charge is 0.481 e. The average Bonchev–Trinajstić information content (AvgIpc) is 2.84. The van der Waals surface area contributed by atoms with E-state index in [1.165, 1.54) is 12.1 Å². The van der Waals surface area contributed by atoms with E-state index in [0.29, 0.717) is 25.2 Å². The molecule has 1 unspecified atom stereocenters. The van der Waals surface area contributed by atoms with Gasteiger partial charge >= 0.3 is 5.97 Å². The summed E-state index contributed by atoms with van der Waals surface area (Å²) in [5, 5.41) is 19.6. The molecular formula is C13H15FN2O4. The van der Waals surface area contributed by atoms with E-state index in [1.807, 2.05) is 4.90 Å². The molecule has 0 aliphatic carbocycles. The number of benzene rings is 1. The Morgan fingerprint density at radius 2 is 2.30 bits per heavy atom. The van der Waals surface area contributed by atoms with Crippen LogP contribution in [0.4, 0.5) is 15.8 Å².